The standard InChI is InChI=1S/C19H20N2O6/c1-14(19(23)20-16-10-5-6-11-17(16)21(24)25)27-18(22)12-7-13-26-15-8-3-2-4-9-15/h2-6,8-11,14H,7,12-13H2,1H3,(H,20,23)/t14-/m0/s1. The third-order valence-electron chi connectivity index (χ3n) is 3.57. The van der Waals surface area contributed by atoms with Crippen LogP contribution in [0, 0.1) is 10.1 Å². The molecule has 142 valence electrons. The van der Waals surface area contributed by atoms with Gasteiger partial charge in [-0.3, -0.25) is 19.7 Å². The first-order valence-corrected chi connectivity index (χ1v) is 8.39. The molecule has 0 radical (unpaired) electrons. The molecule has 0 heterocycles. The van der Waals surface area contributed by atoms with Crippen molar-refractivity contribution >= 4 is 23.3 Å². The molecule has 0 saturated carbocycles. The van der Waals surface area contributed by atoms with Crippen molar-refractivity contribution in [2.45, 2.75) is 25.9 Å². The number of carbonyl (C=O) groups is 2. The van der Waals surface area contributed by atoms with Gasteiger partial charge in [-0.15, -0.1) is 0 Å². The van der Waals surface area contributed by atoms with E-state index >= 15 is 0 Å². The Bertz CT molecular complexity index is 794. The summed E-state index contributed by atoms with van der Waals surface area (Å²) < 4.78 is 10.5. The van der Waals surface area contributed by atoms with Crippen LogP contribution >= 0.6 is 0 Å². The number of esters is 1. The van der Waals surface area contributed by atoms with E-state index in [2.05, 4.69) is 5.32 Å². The first-order chi connectivity index (χ1) is 13.0. The average molecular weight is 372 g/mol. The SMILES string of the molecule is C[C@H](OC(=O)CCCOc1ccccc1)C(=O)Nc1ccccc1[N+](=O)[O-]. The minimum absolute atomic E-state index is 0.0478. The Morgan fingerprint density at radius 1 is 1.11 bits per heavy atom. The molecule has 0 aliphatic rings. The highest BCUT2D eigenvalue weighted by Crippen LogP contribution is 2.23. The highest BCUT2D eigenvalue weighted by atomic mass is 16.6. The molecule has 0 fully saturated rings. The Labute approximate surface area is 156 Å². The zero-order valence-electron chi connectivity index (χ0n) is 14.8. The van der Waals surface area contributed by atoms with Crippen LogP contribution in [0.1, 0.15) is 19.8 Å². The summed E-state index contributed by atoms with van der Waals surface area (Å²) in [5.74, 6) is -0.474. The molecule has 2 aromatic carbocycles. The number of nitro benzene ring substituents is 1. The molecular formula is C19H20N2O6. The van der Waals surface area contributed by atoms with Crippen molar-refractivity contribution < 1.29 is 24.0 Å². The number of nitrogens with zero attached hydrogens (tertiary/aromatic N) is 1. The fourth-order valence-corrected chi connectivity index (χ4v) is 2.21. The summed E-state index contributed by atoms with van der Waals surface area (Å²) in [5.41, 5.74) is -0.186. The zero-order chi connectivity index (χ0) is 19.6. The van der Waals surface area contributed by atoms with Gasteiger partial charge >= 0.3 is 5.97 Å². The van der Waals surface area contributed by atoms with E-state index in [9.17, 15) is 19.7 Å². The number of carbonyl (C=O) groups excluding carboxylic acids is 2. The fraction of sp³-hybridized carbons (Fsp3) is 0.263. The second-order valence-corrected chi connectivity index (χ2v) is 5.66. The van der Waals surface area contributed by atoms with Gasteiger partial charge in [-0.05, 0) is 31.5 Å². The van der Waals surface area contributed by atoms with Gasteiger partial charge in [-0.1, -0.05) is 30.3 Å². The zero-order valence-corrected chi connectivity index (χ0v) is 14.8. The van der Waals surface area contributed by atoms with Crippen LogP contribution < -0.4 is 10.1 Å². The van der Waals surface area contributed by atoms with Crippen molar-refractivity contribution in [2.24, 2.45) is 0 Å². The Hall–Kier alpha value is -3.42. The number of ether oxygens (including phenoxy) is 2. The van der Waals surface area contributed by atoms with Crippen LogP contribution in [0.2, 0.25) is 0 Å². The summed E-state index contributed by atoms with van der Waals surface area (Å²) in [6.07, 6.45) is -0.547. The predicted molar refractivity (Wildman–Crippen MR) is 98.5 cm³/mol. The van der Waals surface area contributed by atoms with Crippen LogP contribution in [0.15, 0.2) is 54.6 Å². The smallest absolute Gasteiger partial charge is 0.306 e. The van der Waals surface area contributed by atoms with E-state index in [1.807, 2.05) is 30.3 Å². The lowest BCUT2D eigenvalue weighted by Crippen LogP contribution is -2.30. The van der Waals surface area contributed by atoms with Gasteiger partial charge in [0.15, 0.2) is 6.10 Å². The van der Waals surface area contributed by atoms with Crippen LogP contribution in [0.5, 0.6) is 5.75 Å². The van der Waals surface area contributed by atoms with E-state index in [-0.39, 0.29) is 17.8 Å². The van der Waals surface area contributed by atoms with Crippen molar-refractivity contribution in [3.8, 4) is 5.75 Å². The summed E-state index contributed by atoms with van der Waals surface area (Å²) in [7, 11) is 0. The van der Waals surface area contributed by atoms with Crippen molar-refractivity contribution in [2.75, 3.05) is 11.9 Å². The molecule has 0 aliphatic heterocycles. The van der Waals surface area contributed by atoms with Crippen LogP contribution in [0.25, 0.3) is 0 Å². The minimum atomic E-state index is -1.08. The van der Waals surface area contributed by atoms with Crippen molar-refractivity contribution in [3.05, 3.63) is 64.7 Å². The first kappa shape index (κ1) is 19.9. The van der Waals surface area contributed by atoms with E-state index in [4.69, 9.17) is 9.47 Å². The van der Waals surface area contributed by atoms with Gasteiger partial charge in [0.05, 0.1) is 11.5 Å². The molecule has 0 unspecified atom stereocenters. The highest BCUT2D eigenvalue weighted by molar-refractivity contribution is 5.96. The van der Waals surface area contributed by atoms with E-state index in [0.717, 1.165) is 0 Å². The van der Waals surface area contributed by atoms with Crippen LogP contribution in [-0.2, 0) is 14.3 Å². The quantitative estimate of drug-likeness (QED) is 0.313. The normalized spacial score (nSPS) is 11.3. The summed E-state index contributed by atoms with van der Waals surface area (Å²) in [4.78, 5) is 34.3. The number of nitrogens with one attached hydrogen (secondary N) is 1. The largest absolute Gasteiger partial charge is 0.494 e. The van der Waals surface area contributed by atoms with Crippen LogP contribution in [0.3, 0.4) is 0 Å². The summed E-state index contributed by atoms with van der Waals surface area (Å²) >= 11 is 0. The summed E-state index contributed by atoms with van der Waals surface area (Å²) in [6, 6.07) is 14.9. The number of hydrogen-bond donors (Lipinski definition) is 1. The van der Waals surface area contributed by atoms with Crippen LogP contribution in [-0.4, -0.2) is 29.5 Å². The van der Waals surface area contributed by atoms with E-state index in [1.165, 1.54) is 25.1 Å². The van der Waals surface area contributed by atoms with E-state index < -0.39 is 22.9 Å². The number of amides is 1. The van der Waals surface area contributed by atoms with Crippen LogP contribution in [0.4, 0.5) is 11.4 Å². The summed E-state index contributed by atoms with van der Waals surface area (Å²) in [5, 5.41) is 13.4. The molecule has 0 bridgehead atoms. The number of nitro groups is 1. The number of benzene rings is 2. The molecule has 0 aliphatic carbocycles. The average Bonchev–Trinajstić information content (AvgIpc) is 2.66. The Morgan fingerprint density at radius 2 is 1.78 bits per heavy atom. The molecule has 0 aromatic heterocycles. The van der Waals surface area contributed by atoms with Crippen molar-refractivity contribution in [1.29, 1.82) is 0 Å². The molecular weight excluding hydrogens is 352 g/mol. The lowest BCUT2D eigenvalue weighted by atomic mass is 10.2. The molecule has 1 amide bonds. The molecule has 0 spiro atoms. The lowest BCUT2D eigenvalue weighted by molar-refractivity contribution is -0.383. The lowest BCUT2D eigenvalue weighted by Gasteiger charge is -2.13. The van der Waals surface area contributed by atoms with Gasteiger partial charge in [0.2, 0.25) is 0 Å². The molecule has 27 heavy (non-hydrogen) atoms. The van der Waals surface area contributed by atoms with E-state index in [0.29, 0.717) is 18.8 Å². The maximum Gasteiger partial charge on any atom is 0.306 e. The van der Waals surface area contributed by atoms with Gasteiger partial charge in [-0.2, -0.15) is 0 Å². The molecule has 8 nitrogen and oxygen atoms in total. The molecule has 1 N–H and O–H groups in total. The van der Waals surface area contributed by atoms with Gasteiger partial charge in [-0.25, -0.2) is 0 Å². The topological polar surface area (TPSA) is 108 Å². The highest BCUT2D eigenvalue weighted by Gasteiger charge is 2.21. The minimum Gasteiger partial charge on any atom is -0.494 e. The second kappa shape index (κ2) is 9.91. The van der Waals surface area contributed by atoms with Gasteiger partial charge in [0.25, 0.3) is 11.6 Å². The fourth-order valence-electron chi connectivity index (χ4n) is 2.21. The number of para-hydroxylation sites is 3. The summed E-state index contributed by atoms with van der Waals surface area (Å²) in [6.45, 7) is 1.75. The second-order valence-electron chi connectivity index (χ2n) is 5.66. The Balaban J connectivity index is 1.75. The third-order valence-corrected chi connectivity index (χ3v) is 3.57. The van der Waals surface area contributed by atoms with Gasteiger partial charge < -0.3 is 14.8 Å². The molecule has 1 atom stereocenters. The molecule has 8 heteroatoms. The number of hydrogen-bond acceptors (Lipinski definition) is 6. The third kappa shape index (κ3) is 6.43. The molecule has 2 rings (SSSR count). The Kier molecular flexibility index (Phi) is 7.30. The Morgan fingerprint density at radius 3 is 2.48 bits per heavy atom. The van der Waals surface area contributed by atoms with Crippen molar-refractivity contribution in [3.63, 3.8) is 0 Å². The predicted octanol–water partition coefficient (Wildman–Crippen LogP) is 3.32. The molecule has 2 aromatic rings. The van der Waals surface area contributed by atoms with Gasteiger partial charge in [0.1, 0.15) is 11.4 Å². The number of rotatable bonds is 9. The first-order valence-electron chi connectivity index (χ1n) is 8.39. The molecule has 0 saturated heterocycles. The number of anilines is 1. The van der Waals surface area contributed by atoms with E-state index in [1.54, 1.807) is 6.07 Å². The monoisotopic (exact) mass is 372 g/mol. The van der Waals surface area contributed by atoms with Gasteiger partial charge in [0, 0.05) is 12.5 Å². The maximum absolute atomic E-state index is 12.1. The van der Waals surface area contributed by atoms with Crippen molar-refractivity contribution in [1.82, 2.24) is 0 Å². The maximum atomic E-state index is 12.1.